The largest absolute Gasteiger partial charge is 1.00 e. The zero-order chi connectivity index (χ0) is 22.5. The predicted molar refractivity (Wildman–Crippen MR) is 143 cm³/mol. The summed E-state index contributed by atoms with van der Waals surface area (Å²) >= 11 is 1.73. The van der Waals surface area contributed by atoms with Crippen molar-refractivity contribution in [1.29, 1.82) is 0 Å². The van der Waals surface area contributed by atoms with Gasteiger partial charge in [0, 0.05) is 5.56 Å². The molecule has 0 spiro atoms. The molecule has 2 nitrogen and oxygen atoms in total. The Morgan fingerprint density at radius 2 is 1.06 bits per heavy atom. The lowest BCUT2D eigenvalue weighted by molar-refractivity contribution is -0.00000685. The van der Waals surface area contributed by atoms with Gasteiger partial charge in [0.15, 0.2) is 7.26 Å². The van der Waals surface area contributed by atoms with Crippen LogP contribution in [0.1, 0.15) is 6.92 Å². The van der Waals surface area contributed by atoms with Crippen LogP contribution in [0.3, 0.4) is 0 Å². The van der Waals surface area contributed by atoms with Crippen LogP contribution in [-0.4, -0.2) is 10.7 Å². The maximum Gasteiger partial charge on any atom is 0.251 e. The van der Waals surface area contributed by atoms with Crippen molar-refractivity contribution in [3.05, 3.63) is 121 Å². The Morgan fingerprint density at radius 1 is 0.647 bits per heavy atom. The number of aromatic nitrogens is 1. The molecule has 5 rings (SSSR count). The van der Waals surface area contributed by atoms with E-state index in [1.807, 2.05) is 18.2 Å². The van der Waals surface area contributed by atoms with E-state index in [0.717, 1.165) is 21.8 Å². The van der Waals surface area contributed by atoms with Gasteiger partial charge in [0.05, 0.1) is 0 Å². The van der Waals surface area contributed by atoms with Crippen molar-refractivity contribution in [2.24, 2.45) is 0 Å². The van der Waals surface area contributed by atoms with E-state index in [2.05, 4.69) is 110 Å². The third-order valence-electron chi connectivity index (χ3n) is 5.62. The Balaban J connectivity index is 0.00000274. The van der Waals surface area contributed by atoms with E-state index in [9.17, 15) is 0 Å². The molecular weight excluding hydrogens is 568 g/mol. The standard InChI is InChI=1S/C29H25NOPS.HI/c1-2-33-29-28(30-27(31-29)23-15-7-3-8-16-23)32(24-17-9-4-10-18-24,25-19-11-5-12-20-25)26-21-13-6-14-22-26;/h3-22H,2H2,1H3;1H/q+1;/p-1. The molecule has 5 aromatic rings. The molecule has 4 aromatic carbocycles. The molecule has 1 aromatic heterocycles. The lowest BCUT2D eigenvalue weighted by atomic mass is 10.2. The molecule has 0 unspecified atom stereocenters. The van der Waals surface area contributed by atoms with Gasteiger partial charge in [-0.05, 0) is 54.3 Å². The van der Waals surface area contributed by atoms with Crippen LogP contribution >= 0.6 is 19.0 Å². The van der Waals surface area contributed by atoms with Gasteiger partial charge in [-0.3, -0.25) is 0 Å². The normalized spacial score (nSPS) is 11.1. The topological polar surface area (TPSA) is 26.0 Å². The molecule has 5 heteroatoms. The lowest BCUT2D eigenvalue weighted by Gasteiger charge is -2.25. The number of benzene rings is 4. The van der Waals surface area contributed by atoms with Crippen LogP contribution in [0.5, 0.6) is 0 Å². The van der Waals surface area contributed by atoms with E-state index in [1.54, 1.807) is 11.8 Å². The summed E-state index contributed by atoms with van der Waals surface area (Å²) in [5.74, 6) is 1.59. The summed E-state index contributed by atoms with van der Waals surface area (Å²) in [6.07, 6.45) is 0. The molecule has 0 saturated heterocycles. The highest BCUT2D eigenvalue weighted by molar-refractivity contribution is 8.04. The minimum absolute atomic E-state index is 0. The van der Waals surface area contributed by atoms with Gasteiger partial charge in [0.25, 0.3) is 5.44 Å². The number of nitrogens with zero attached hydrogens (tertiary/aromatic N) is 1. The molecular formula is C29H25INOPS. The van der Waals surface area contributed by atoms with Crippen molar-refractivity contribution in [2.45, 2.75) is 12.0 Å². The Kier molecular flexibility index (Phi) is 8.25. The molecule has 170 valence electrons. The summed E-state index contributed by atoms with van der Waals surface area (Å²) < 4.78 is 6.49. The number of oxazole rings is 1. The number of halogens is 1. The van der Waals surface area contributed by atoms with E-state index in [0.29, 0.717) is 5.89 Å². The van der Waals surface area contributed by atoms with E-state index in [1.165, 1.54) is 15.9 Å². The summed E-state index contributed by atoms with van der Waals surface area (Å²) in [7, 11) is -2.30. The molecule has 0 amide bonds. The first kappa shape index (κ1) is 24.7. The molecule has 1 heterocycles. The minimum Gasteiger partial charge on any atom is -1.00 e. The molecule has 0 aliphatic heterocycles. The Bertz CT molecular complexity index is 1220. The van der Waals surface area contributed by atoms with Crippen LogP contribution < -0.4 is 45.3 Å². The van der Waals surface area contributed by atoms with E-state index < -0.39 is 7.26 Å². The van der Waals surface area contributed by atoms with Crippen molar-refractivity contribution < 1.29 is 28.4 Å². The van der Waals surface area contributed by atoms with Crippen LogP contribution in [0.25, 0.3) is 11.5 Å². The van der Waals surface area contributed by atoms with Gasteiger partial charge in [-0.25, -0.2) is 0 Å². The van der Waals surface area contributed by atoms with Gasteiger partial charge in [0.2, 0.25) is 11.0 Å². The molecule has 0 bridgehead atoms. The zero-order valence-electron chi connectivity index (χ0n) is 18.8. The van der Waals surface area contributed by atoms with E-state index >= 15 is 0 Å². The van der Waals surface area contributed by atoms with Gasteiger partial charge < -0.3 is 28.4 Å². The van der Waals surface area contributed by atoms with Crippen molar-refractivity contribution in [1.82, 2.24) is 4.98 Å². The molecule has 0 saturated carbocycles. The first-order valence-corrected chi connectivity index (χ1v) is 13.9. The summed E-state index contributed by atoms with van der Waals surface area (Å²) in [5, 5.41) is 4.72. The summed E-state index contributed by atoms with van der Waals surface area (Å²) in [5.41, 5.74) is 2.03. The average Bonchev–Trinajstić information content (AvgIpc) is 3.31. The van der Waals surface area contributed by atoms with Crippen molar-refractivity contribution in [3.63, 3.8) is 0 Å². The van der Waals surface area contributed by atoms with Gasteiger partial charge in [0.1, 0.15) is 15.9 Å². The van der Waals surface area contributed by atoms with Crippen LogP contribution in [0.4, 0.5) is 0 Å². The van der Waals surface area contributed by atoms with Gasteiger partial charge in [-0.1, -0.05) is 91.5 Å². The molecule has 0 aliphatic carbocycles. The Hall–Kier alpha value is -2.40. The second kappa shape index (κ2) is 11.4. The van der Waals surface area contributed by atoms with Gasteiger partial charge >= 0.3 is 0 Å². The first-order valence-electron chi connectivity index (χ1n) is 11.1. The number of hydrogen-bond donors (Lipinski definition) is 0. The summed E-state index contributed by atoms with van der Waals surface area (Å²) in [4.78, 5) is 5.26. The molecule has 34 heavy (non-hydrogen) atoms. The highest BCUT2D eigenvalue weighted by Gasteiger charge is 2.52. The fraction of sp³-hybridized carbons (Fsp3) is 0.0690. The zero-order valence-corrected chi connectivity index (χ0v) is 22.7. The quantitative estimate of drug-likeness (QED) is 0.165. The molecule has 0 aliphatic rings. The maximum atomic E-state index is 6.49. The summed E-state index contributed by atoms with van der Waals surface area (Å²) in [6, 6.07) is 42.6. The first-order chi connectivity index (χ1) is 16.3. The second-order valence-corrected chi connectivity index (χ2v) is 12.2. The van der Waals surface area contributed by atoms with Crippen LogP contribution in [0.2, 0.25) is 0 Å². The number of rotatable bonds is 7. The smallest absolute Gasteiger partial charge is 0.251 e. The van der Waals surface area contributed by atoms with E-state index in [-0.39, 0.29) is 24.0 Å². The SMILES string of the molecule is CCSc1oc(-c2ccccc2)nc1[P+](c1ccccc1)(c1ccccc1)c1ccccc1.[I-]. The Labute approximate surface area is 223 Å². The minimum atomic E-state index is -2.30. The number of thioether (sulfide) groups is 1. The molecule has 0 N–H and O–H groups in total. The van der Waals surface area contributed by atoms with E-state index in [4.69, 9.17) is 9.40 Å². The van der Waals surface area contributed by atoms with Crippen molar-refractivity contribution in [2.75, 3.05) is 5.75 Å². The van der Waals surface area contributed by atoms with Gasteiger partial charge in [-0.15, -0.1) is 0 Å². The second-order valence-electron chi connectivity index (χ2n) is 7.61. The highest BCUT2D eigenvalue weighted by atomic mass is 127. The predicted octanol–water partition coefficient (Wildman–Crippen LogP) is 3.08. The number of hydrogen-bond acceptors (Lipinski definition) is 3. The fourth-order valence-electron chi connectivity index (χ4n) is 4.21. The lowest BCUT2D eigenvalue weighted by Crippen LogP contribution is -3.00. The Morgan fingerprint density at radius 3 is 1.47 bits per heavy atom. The third kappa shape index (κ3) is 4.59. The maximum absolute atomic E-state index is 6.49. The van der Waals surface area contributed by atoms with Crippen LogP contribution in [0, 0.1) is 0 Å². The van der Waals surface area contributed by atoms with Crippen molar-refractivity contribution >= 4 is 40.4 Å². The highest BCUT2D eigenvalue weighted by Crippen LogP contribution is 2.56. The molecule has 0 fully saturated rings. The van der Waals surface area contributed by atoms with Crippen molar-refractivity contribution in [3.8, 4) is 11.5 Å². The third-order valence-corrected chi connectivity index (χ3v) is 10.8. The monoisotopic (exact) mass is 593 g/mol. The average molecular weight is 593 g/mol. The van der Waals surface area contributed by atoms with Gasteiger partial charge in [-0.2, -0.15) is 4.98 Å². The van der Waals surface area contributed by atoms with Crippen LogP contribution in [0.15, 0.2) is 131 Å². The fourth-order valence-corrected chi connectivity index (χ4v) is 9.43. The molecule has 0 radical (unpaired) electrons. The molecule has 0 atom stereocenters. The van der Waals surface area contributed by atoms with Crippen LogP contribution in [-0.2, 0) is 0 Å². The summed E-state index contributed by atoms with van der Waals surface area (Å²) in [6.45, 7) is 2.16.